The van der Waals surface area contributed by atoms with Gasteiger partial charge in [0.1, 0.15) is 10.8 Å². The number of methoxy groups -OCH3 is 1. The van der Waals surface area contributed by atoms with Crippen molar-refractivity contribution in [2.75, 3.05) is 7.11 Å². The molecule has 1 N–H and O–H groups in total. The molecule has 7 heteroatoms. The van der Waals surface area contributed by atoms with Gasteiger partial charge < -0.3 is 9.84 Å². The monoisotopic (exact) mass is 253 g/mol. The summed E-state index contributed by atoms with van der Waals surface area (Å²) in [5, 5.41) is 12.9. The Balaban J connectivity index is 2.51. The summed E-state index contributed by atoms with van der Waals surface area (Å²) in [6.45, 7) is 0. The van der Waals surface area contributed by atoms with Crippen molar-refractivity contribution >= 4 is 17.6 Å². The normalized spacial score (nSPS) is 10.2. The molecule has 0 unspecified atom stereocenters. The van der Waals surface area contributed by atoms with Gasteiger partial charge >= 0.3 is 5.97 Å². The summed E-state index contributed by atoms with van der Waals surface area (Å²) in [6, 6.07) is 2.93. The van der Waals surface area contributed by atoms with Gasteiger partial charge in [-0.15, -0.1) is 0 Å². The molecule has 0 amide bonds. The van der Waals surface area contributed by atoms with Gasteiger partial charge in [0, 0.05) is 12.3 Å². The number of carboxylic acid groups (broad SMARTS) is 1. The Morgan fingerprint density at radius 1 is 1.59 bits per heavy atom. The molecule has 0 radical (unpaired) electrons. The first-order valence-electron chi connectivity index (χ1n) is 4.60. The minimum absolute atomic E-state index is 0.0556. The molecule has 0 aliphatic carbocycles. The summed E-state index contributed by atoms with van der Waals surface area (Å²) in [4.78, 5) is 14.6. The maximum Gasteiger partial charge on any atom is 0.356 e. The fourth-order valence-corrected chi connectivity index (χ4v) is 1.47. The van der Waals surface area contributed by atoms with E-state index in [-0.39, 0.29) is 10.8 Å². The Bertz CT molecular complexity index is 568. The lowest BCUT2D eigenvalue weighted by atomic mass is 10.4. The highest BCUT2D eigenvalue weighted by Gasteiger charge is 2.11. The van der Waals surface area contributed by atoms with Crippen molar-refractivity contribution in [3.8, 4) is 11.4 Å². The second-order valence-electron chi connectivity index (χ2n) is 3.13. The number of nitrogens with zero attached hydrogens (tertiary/aromatic N) is 3. The quantitative estimate of drug-likeness (QED) is 0.841. The third kappa shape index (κ3) is 2.21. The second-order valence-corrected chi connectivity index (χ2v) is 3.52. The van der Waals surface area contributed by atoms with Gasteiger partial charge in [0.2, 0.25) is 0 Å². The van der Waals surface area contributed by atoms with Gasteiger partial charge in [-0.25, -0.2) is 14.5 Å². The molecule has 0 aromatic carbocycles. The Kier molecular flexibility index (Phi) is 2.97. The number of aromatic carboxylic acids is 1. The minimum atomic E-state index is -1.09. The van der Waals surface area contributed by atoms with Gasteiger partial charge in [-0.3, -0.25) is 0 Å². The zero-order valence-corrected chi connectivity index (χ0v) is 9.55. The zero-order valence-electron chi connectivity index (χ0n) is 8.79. The molecule has 2 aromatic heterocycles. The lowest BCUT2D eigenvalue weighted by molar-refractivity contribution is 0.0690. The number of pyridine rings is 1. The molecule has 0 bridgehead atoms. The topological polar surface area (TPSA) is 77.2 Å². The summed E-state index contributed by atoms with van der Waals surface area (Å²) in [5.74, 6) is -0.641. The first-order valence-corrected chi connectivity index (χ1v) is 4.98. The van der Waals surface area contributed by atoms with Crippen molar-refractivity contribution in [2.24, 2.45) is 0 Å². The van der Waals surface area contributed by atoms with Crippen LogP contribution >= 0.6 is 11.6 Å². The van der Waals surface area contributed by atoms with Crippen molar-refractivity contribution in [3.05, 3.63) is 35.4 Å². The van der Waals surface area contributed by atoms with Crippen LogP contribution in [-0.4, -0.2) is 33.0 Å². The highest BCUT2D eigenvalue weighted by atomic mass is 35.5. The van der Waals surface area contributed by atoms with E-state index in [2.05, 4.69) is 10.1 Å². The van der Waals surface area contributed by atoms with Crippen LogP contribution in [0.1, 0.15) is 10.5 Å². The fraction of sp³-hybridized carbons (Fsp3) is 0.100. The molecule has 2 rings (SSSR count). The molecule has 0 spiro atoms. The van der Waals surface area contributed by atoms with Gasteiger partial charge in [-0.05, 0) is 6.07 Å². The maximum atomic E-state index is 10.7. The number of rotatable bonds is 3. The number of carboxylic acids is 1. The highest BCUT2D eigenvalue weighted by molar-refractivity contribution is 6.29. The van der Waals surface area contributed by atoms with Crippen LogP contribution in [0.3, 0.4) is 0 Å². The van der Waals surface area contributed by atoms with Crippen LogP contribution in [0.25, 0.3) is 5.69 Å². The Labute approximate surface area is 101 Å². The van der Waals surface area contributed by atoms with E-state index < -0.39 is 5.97 Å². The zero-order chi connectivity index (χ0) is 12.4. The Hall–Kier alpha value is -2.08. The molecule has 0 atom stereocenters. The summed E-state index contributed by atoms with van der Waals surface area (Å²) < 4.78 is 6.47. The average Bonchev–Trinajstić information content (AvgIpc) is 2.78. The van der Waals surface area contributed by atoms with Crippen molar-refractivity contribution in [1.29, 1.82) is 0 Å². The highest BCUT2D eigenvalue weighted by Crippen LogP contribution is 2.23. The van der Waals surface area contributed by atoms with Crippen molar-refractivity contribution in [3.63, 3.8) is 0 Å². The van der Waals surface area contributed by atoms with E-state index in [0.29, 0.717) is 11.4 Å². The van der Waals surface area contributed by atoms with E-state index in [1.165, 1.54) is 30.3 Å². The first kappa shape index (κ1) is 11.4. The van der Waals surface area contributed by atoms with Crippen LogP contribution in [0.2, 0.25) is 5.15 Å². The number of aromatic nitrogens is 3. The van der Waals surface area contributed by atoms with Gasteiger partial charge in [0.05, 0.1) is 13.3 Å². The molecule has 6 nitrogen and oxygen atoms in total. The van der Waals surface area contributed by atoms with Crippen molar-refractivity contribution in [2.45, 2.75) is 0 Å². The smallest absolute Gasteiger partial charge is 0.356 e. The standard InChI is InChI=1S/C10H8ClN3O3/c1-17-8-5-12-9(11)4-7(8)14-3-2-6(13-14)10(15)16/h2-5H,1H3,(H,15,16). The number of hydrogen-bond acceptors (Lipinski definition) is 4. The SMILES string of the molecule is COc1cnc(Cl)cc1-n1ccc(C(=O)O)n1. The molecule has 0 saturated carbocycles. The summed E-state index contributed by atoms with van der Waals surface area (Å²) >= 11 is 5.77. The van der Waals surface area contributed by atoms with Crippen LogP contribution in [0.15, 0.2) is 24.5 Å². The Morgan fingerprint density at radius 2 is 2.35 bits per heavy atom. The van der Waals surface area contributed by atoms with E-state index in [4.69, 9.17) is 21.4 Å². The van der Waals surface area contributed by atoms with E-state index in [1.807, 2.05) is 0 Å². The summed E-state index contributed by atoms with van der Waals surface area (Å²) in [7, 11) is 1.48. The third-order valence-electron chi connectivity index (χ3n) is 2.09. The van der Waals surface area contributed by atoms with Gasteiger partial charge in [-0.1, -0.05) is 11.6 Å². The largest absolute Gasteiger partial charge is 0.493 e. The predicted molar refractivity (Wildman–Crippen MR) is 59.9 cm³/mol. The van der Waals surface area contributed by atoms with Crippen LogP contribution in [-0.2, 0) is 0 Å². The molecule has 0 aliphatic rings. The van der Waals surface area contributed by atoms with E-state index in [0.717, 1.165) is 0 Å². The molecule has 88 valence electrons. The van der Waals surface area contributed by atoms with Crippen LogP contribution in [0.4, 0.5) is 0 Å². The predicted octanol–water partition coefficient (Wildman–Crippen LogP) is 1.63. The average molecular weight is 254 g/mol. The lowest BCUT2D eigenvalue weighted by Crippen LogP contribution is -2.03. The van der Waals surface area contributed by atoms with Crippen LogP contribution in [0, 0.1) is 0 Å². The molecular formula is C10H8ClN3O3. The van der Waals surface area contributed by atoms with Gasteiger partial charge in [-0.2, -0.15) is 5.10 Å². The molecule has 0 aliphatic heterocycles. The Morgan fingerprint density at radius 3 is 2.94 bits per heavy atom. The van der Waals surface area contributed by atoms with Crippen molar-refractivity contribution in [1.82, 2.24) is 14.8 Å². The van der Waals surface area contributed by atoms with E-state index in [9.17, 15) is 4.79 Å². The lowest BCUT2D eigenvalue weighted by Gasteiger charge is -2.07. The maximum absolute atomic E-state index is 10.7. The van der Waals surface area contributed by atoms with E-state index in [1.54, 1.807) is 6.07 Å². The van der Waals surface area contributed by atoms with Crippen molar-refractivity contribution < 1.29 is 14.6 Å². The number of carbonyl (C=O) groups is 1. The summed E-state index contributed by atoms with van der Waals surface area (Å²) in [6.07, 6.45) is 2.96. The fourth-order valence-electron chi connectivity index (χ4n) is 1.32. The molecule has 0 saturated heterocycles. The van der Waals surface area contributed by atoms with Gasteiger partial charge in [0.25, 0.3) is 0 Å². The third-order valence-corrected chi connectivity index (χ3v) is 2.30. The number of hydrogen-bond donors (Lipinski definition) is 1. The molecule has 17 heavy (non-hydrogen) atoms. The molecule has 2 heterocycles. The number of ether oxygens (including phenoxy) is 1. The van der Waals surface area contributed by atoms with Crippen LogP contribution in [0.5, 0.6) is 5.75 Å². The summed E-state index contributed by atoms with van der Waals surface area (Å²) in [5.41, 5.74) is 0.472. The molecule has 2 aromatic rings. The second kappa shape index (κ2) is 4.42. The van der Waals surface area contributed by atoms with Crippen LogP contribution < -0.4 is 4.74 Å². The molecule has 0 fully saturated rings. The minimum Gasteiger partial charge on any atom is -0.493 e. The number of halogens is 1. The molecular weight excluding hydrogens is 246 g/mol. The van der Waals surface area contributed by atoms with Gasteiger partial charge in [0.15, 0.2) is 11.4 Å². The first-order chi connectivity index (χ1) is 8.11. The van der Waals surface area contributed by atoms with E-state index >= 15 is 0 Å².